The number of hydrogen-bond donors (Lipinski definition) is 5. The van der Waals surface area contributed by atoms with Gasteiger partial charge >= 0.3 is 13.9 Å². The lowest BCUT2D eigenvalue weighted by Crippen LogP contribution is -2.49. The Morgan fingerprint density at radius 2 is 2.20 bits per heavy atom. The number of urea groups is 1. The SMILES string of the molecule is O=C1NC(O)C=CN1C1CC(O)C(COP(=O)(O)O)O1. The van der Waals surface area contributed by atoms with E-state index in [0.717, 1.165) is 4.90 Å². The summed E-state index contributed by atoms with van der Waals surface area (Å²) in [6.07, 6.45) is -1.19. The van der Waals surface area contributed by atoms with Crippen LogP contribution in [0.2, 0.25) is 0 Å². The van der Waals surface area contributed by atoms with Crippen LogP contribution in [0, 0.1) is 0 Å². The fraction of sp³-hybridized carbons (Fsp3) is 0.667. The standard InChI is InChI=1S/C9H15N2O8P/c12-5-3-8(11-2-1-7(13)10-9(11)14)19-6(5)4-18-20(15,16)17/h1-2,5-8,12-13H,3-4H2,(H,10,14)(H2,15,16,17). The minimum atomic E-state index is -4.65. The molecule has 2 aliphatic heterocycles. The number of ether oxygens (including phenoxy) is 1. The molecule has 0 saturated carbocycles. The van der Waals surface area contributed by atoms with Gasteiger partial charge in [0.1, 0.15) is 18.6 Å². The lowest BCUT2D eigenvalue weighted by molar-refractivity contribution is -0.0547. The number of carbonyl (C=O) groups excluding carboxylic acids is 1. The summed E-state index contributed by atoms with van der Waals surface area (Å²) in [6, 6.07) is -0.603. The smallest absolute Gasteiger partial charge is 0.390 e. The molecule has 0 spiro atoms. The quantitative estimate of drug-likeness (QED) is 0.391. The fourth-order valence-electron chi connectivity index (χ4n) is 1.92. The van der Waals surface area contributed by atoms with E-state index in [0.29, 0.717) is 0 Å². The highest BCUT2D eigenvalue weighted by molar-refractivity contribution is 7.46. The minimum absolute atomic E-state index is 0.0586. The van der Waals surface area contributed by atoms with Crippen LogP contribution in [0.5, 0.6) is 0 Å². The Labute approximate surface area is 113 Å². The molecule has 2 heterocycles. The van der Waals surface area contributed by atoms with Crippen LogP contribution in [0.4, 0.5) is 4.79 Å². The van der Waals surface area contributed by atoms with Crippen molar-refractivity contribution in [1.29, 1.82) is 0 Å². The summed E-state index contributed by atoms with van der Waals surface area (Å²) in [5.41, 5.74) is 0. The van der Waals surface area contributed by atoms with Gasteiger partial charge in [0.05, 0.1) is 12.7 Å². The molecule has 0 aromatic heterocycles. The van der Waals surface area contributed by atoms with Gasteiger partial charge in [0.15, 0.2) is 0 Å². The number of phosphoric acid groups is 1. The van der Waals surface area contributed by atoms with Gasteiger partial charge in [0.25, 0.3) is 0 Å². The molecule has 1 saturated heterocycles. The van der Waals surface area contributed by atoms with Crippen molar-refractivity contribution in [2.75, 3.05) is 6.61 Å². The summed E-state index contributed by atoms with van der Waals surface area (Å²) in [5.74, 6) is 0. The molecule has 1 fully saturated rings. The molecule has 2 amide bonds. The summed E-state index contributed by atoms with van der Waals surface area (Å²) in [7, 11) is -4.65. The first-order valence-corrected chi connectivity index (χ1v) is 7.28. The van der Waals surface area contributed by atoms with Gasteiger partial charge in [-0.05, 0) is 6.08 Å². The first-order valence-electron chi connectivity index (χ1n) is 5.75. The number of aliphatic hydroxyl groups excluding tert-OH is 2. The van der Waals surface area contributed by atoms with E-state index >= 15 is 0 Å². The Hall–Kier alpha value is -1.00. The molecule has 2 rings (SSSR count). The predicted molar refractivity (Wildman–Crippen MR) is 62.8 cm³/mol. The number of hydrogen-bond acceptors (Lipinski definition) is 6. The number of amides is 2. The van der Waals surface area contributed by atoms with Crippen LogP contribution in [0.25, 0.3) is 0 Å². The number of phosphoric ester groups is 1. The molecular weight excluding hydrogens is 295 g/mol. The second kappa shape index (κ2) is 5.78. The molecule has 0 bridgehead atoms. The summed E-state index contributed by atoms with van der Waals surface area (Å²) >= 11 is 0. The molecule has 2 aliphatic rings. The van der Waals surface area contributed by atoms with Crippen LogP contribution in [0.1, 0.15) is 6.42 Å². The molecule has 10 nitrogen and oxygen atoms in total. The fourth-order valence-corrected chi connectivity index (χ4v) is 2.27. The number of rotatable bonds is 4. The highest BCUT2D eigenvalue weighted by Crippen LogP contribution is 2.37. The van der Waals surface area contributed by atoms with Crippen molar-refractivity contribution in [2.45, 2.75) is 31.1 Å². The highest BCUT2D eigenvalue weighted by Gasteiger charge is 2.40. The molecular formula is C9H15N2O8P. The third-order valence-electron chi connectivity index (χ3n) is 2.86. The van der Waals surface area contributed by atoms with Crippen LogP contribution in [-0.4, -0.2) is 62.2 Å². The normalized spacial score (nSPS) is 34.4. The molecule has 5 N–H and O–H groups in total. The zero-order valence-electron chi connectivity index (χ0n) is 10.2. The average Bonchev–Trinajstić information content (AvgIpc) is 2.67. The van der Waals surface area contributed by atoms with Crippen LogP contribution >= 0.6 is 7.82 Å². The monoisotopic (exact) mass is 310 g/mol. The van der Waals surface area contributed by atoms with E-state index in [2.05, 4.69) is 9.84 Å². The predicted octanol–water partition coefficient (Wildman–Crippen LogP) is -1.57. The summed E-state index contributed by atoms with van der Waals surface area (Å²) < 4.78 is 20.2. The number of nitrogens with zero attached hydrogens (tertiary/aromatic N) is 1. The van der Waals surface area contributed by atoms with E-state index in [1.165, 1.54) is 12.3 Å². The minimum Gasteiger partial charge on any atom is -0.390 e. The molecule has 11 heteroatoms. The van der Waals surface area contributed by atoms with Crippen molar-refractivity contribution in [1.82, 2.24) is 10.2 Å². The number of nitrogens with one attached hydrogen (secondary N) is 1. The molecule has 4 atom stereocenters. The van der Waals surface area contributed by atoms with Gasteiger partial charge in [-0.15, -0.1) is 0 Å². The van der Waals surface area contributed by atoms with Crippen molar-refractivity contribution in [2.24, 2.45) is 0 Å². The number of carbonyl (C=O) groups is 1. The van der Waals surface area contributed by atoms with Gasteiger partial charge in [-0.25, -0.2) is 9.36 Å². The Morgan fingerprint density at radius 3 is 2.80 bits per heavy atom. The molecule has 0 aromatic rings. The maximum atomic E-state index is 11.6. The van der Waals surface area contributed by atoms with Crippen LogP contribution in [0.3, 0.4) is 0 Å². The van der Waals surface area contributed by atoms with E-state index in [1.54, 1.807) is 0 Å². The lowest BCUT2D eigenvalue weighted by atomic mass is 10.2. The molecule has 114 valence electrons. The second-order valence-electron chi connectivity index (χ2n) is 4.36. The average molecular weight is 310 g/mol. The van der Waals surface area contributed by atoms with Gasteiger partial charge in [-0.1, -0.05) is 0 Å². The maximum absolute atomic E-state index is 11.6. The van der Waals surface area contributed by atoms with Crippen molar-refractivity contribution < 1.29 is 38.6 Å². The van der Waals surface area contributed by atoms with Gasteiger partial charge in [-0.3, -0.25) is 9.42 Å². The largest absolute Gasteiger partial charge is 0.469 e. The van der Waals surface area contributed by atoms with E-state index in [1.807, 2.05) is 0 Å². The van der Waals surface area contributed by atoms with Gasteiger partial charge in [0.2, 0.25) is 0 Å². The maximum Gasteiger partial charge on any atom is 0.469 e. The van der Waals surface area contributed by atoms with Crippen LogP contribution < -0.4 is 5.32 Å². The lowest BCUT2D eigenvalue weighted by Gasteiger charge is -2.29. The molecule has 0 aromatic carbocycles. The Morgan fingerprint density at radius 1 is 1.50 bits per heavy atom. The molecule has 20 heavy (non-hydrogen) atoms. The summed E-state index contributed by atoms with van der Waals surface area (Å²) in [4.78, 5) is 29.9. The highest BCUT2D eigenvalue weighted by atomic mass is 31.2. The summed E-state index contributed by atoms with van der Waals surface area (Å²) in [5, 5.41) is 21.1. The molecule has 0 aliphatic carbocycles. The third-order valence-corrected chi connectivity index (χ3v) is 3.34. The zero-order chi connectivity index (χ0) is 14.9. The van der Waals surface area contributed by atoms with Gasteiger partial charge < -0.3 is 30.1 Å². The van der Waals surface area contributed by atoms with E-state index in [9.17, 15) is 19.6 Å². The van der Waals surface area contributed by atoms with Gasteiger partial charge in [-0.2, -0.15) is 0 Å². The van der Waals surface area contributed by atoms with Crippen molar-refractivity contribution in [3.05, 3.63) is 12.3 Å². The topological polar surface area (TPSA) is 149 Å². The van der Waals surface area contributed by atoms with E-state index < -0.39 is 45.1 Å². The Kier molecular flexibility index (Phi) is 4.45. The van der Waals surface area contributed by atoms with Crippen molar-refractivity contribution >= 4 is 13.9 Å². The van der Waals surface area contributed by atoms with Gasteiger partial charge in [0, 0.05) is 12.6 Å². The first-order chi connectivity index (χ1) is 9.26. The Bertz CT molecular complexity index is 451. The van der Waals surface area contributed by atoms with Crippen molar-refractivity contribution in [3.63, 3.8) is 0 Å². The van der Waals surface area contributed by atoms with E-state index in [-0.39, 0.29) is 6.42 Å². The Balaban J connectivity index is 1.95. The summed E-state index contributed by atoms with van der Waals surface area (Å²) in [6.45, 7) is -0.496. The van der Waals surface area contributed by atoms with E-state index in [4.69, 9.17) is 14.5 Å². The van der Waals surface area contributed by atoms with Crippen LogP contribution in [0.15, 0.2) is 12.3 Å². The third kappa shape index (κ3) is 3.76. The molecule has 4 unspecified atom stereocenters. The number of aliphatic hydroxyl groups is 2. The molecule has 0 radical (unpaired) electrons. The second-order valence-corrected chi connectivity index (χ2v) is 5.60. The zero-order valence-corrected chi connectivity index (χ0v) is 11.1. The first kappa shape index (κ1) is 15.4. The van der Waals surface area contributed by atoms with Crippen LogP contribution in [-0.2, 0) is 13.8 Å². The van der Waals surface area contributed by atoms with Crippen molar-refractivity contribution in [3.8, 4) is 0 Å².